The zero-order chi connectivity index (χ0) is 17.5. The average molecular weight is 334 g/mol. The molecule has 1 heterocycles. The molecule has 2 N–H and O–H groups in total. The number of alkyl halides is 3. The lowest BCUT2D eigenvalue weighted by Crippen LogP contribution is -2.05. The molecule has 0 radical (unpaired) electrons. The van der Waals surface area contributed by atoms with Crippen molar-refractivity contribution in [3.8, 4) is 11.4 Å². The van der Waals surface area contributed by atoms with E-state index >= 15 is 0 Å². The first kappa shape index (κ1) is 15.7. The summed E-state index contributed by atoms with van der Waals surface area (Å²) in [6, 6.07) is 8.56. The molecule has 0 bridgehead atoms. The minimum Gasteiger partial charge on any atom is -0.383 e. The number of nitrogens with two attached hydrogens (primary N) is 1. The predicted molar refractivity (Wildman–Crippen MR) is 81.0 cm³/mol. The molecule has 6 nitrogen and oxygen atoms in total. The molecule has 3 aromatic rings. The van der Waals surface area contributed by atoms with Crippen molar-refractivity contribution in [3.63, 3.8) is 0 Å². The van der Waals surface area contributed by atoms with Crippen LogP contribution in [0.1, 0.15) is 5.56 Å². The largest absolute Gasteiger partial charge is 0.416 e. The number of fused-ring (bicyclic) bond motifs is 1. The van der Waals surface area contributed by atoms with Crippen LogP contribution in [0.5, 0.6) is 0 Å². The molecule has 0 saturated heterocycles. The Morgan fingerprint density at radius 3 is 2.46 bits per heavy atom. The summed E-state index contributed by atoms with van der Waals surface area (Å²) in [7, 11) is 0. The summed E-state index contributed by atoms with van der Waals surface area (Å²) in [4.78, 5) is 18.5. The number of nitrogens with zero attached hydrogens (tertiary/aromatic N) is 3. The molecular weight excluding hydrogens is 325 g/mol. The van der Waals surface area contributed by atoms with Gasteiger partial charge in [-0.05, 0) is 18.2 Å². The fourth-order valence-corrected chi connectivity index (χ4v) is 2.27. The first-order valence-corrected chi connectivity index (χ1v) is 6.65. The topological polar surface area (TPSA) is 94.9 Å². The van der Waals surface area contributed by atoms with Gasteiger partial charge in [-0.3, -0.25) is 10.1 Å². The zero-order valence-electron chi connectivity index (χ0n) is 11.9. The average Bonchev–Trinajstić information content (AvgIpc) is 2.53. The van der Waals surface area contributed by atoms with Crippen LogP contribution in [0.4, 0.5) is 24.7 Å². The Bertz CT molecular complexity index is 957. The van der Waals surface area contributed by atoms with Crippen molar-refractivity contribution in [2.75, 3.05) is 5.73 Å². The van der Waals surface area contributed by atoms with Gasteiger partial charge >= 0.3 is 6.18 Å². The normalized spacial score (nSPS) is 11.6. The highest BCUT2D eigenvalue weighted by atomic mass is 19.4. The van der Waals surface area contributed by atoms with Crippen molar-refractivity contribution in [1.82, 2.24) is 9.97 Å². The lowest BCUT2D eigenvalue weighted by Gasteiger charge is -2.09. The van der Waals surface area contributed by atoms with Gasteiger partial charge in [-0.2, -0.15) is 13.2 Å². The summed E-state index contributed by atoms with van der Waals surface area (Å²) in [5.41, 5.74) is 4.67. The minimum atomic E-state index is -4.52. The standard InChI is InChI=1S/C15H9F3N4O2/c16-15(17,18)9-4-1-3-8(7-9)14-20-12-10(13(19)21-14)5-2-6-11(12)22(23)24/h1-7H,(H2,19,20,21). The number of para-hydroxylation sites is 1. The van der Waals surface area contributed by atoms with Gasteiger partial charge in [0.25, 0.3) is 5.69 Å². The van der Waals surface area contributed by atoms with Crippen LogP contribution < -0.4 is 5.73 Å². The molecule has 0 saturated carbocycles. The number of aromatic nitrogens is 2. The van der Waals surface area contributed by atoms with Crippen LogP contribution in [0.2, 0.25) is 0 Å². The van der Waals surface area contributed by atoms with E-state index in [4.69, 9.17) is 5.73 Å². The predicted octanol–water partition coefficient (Wildman–Crippen LogP) is 3.81. The Kier molecular flexibility index (Phi) is 3.55. The molecule has 3 rings (SSSR count). The number of hydrogen-bond donors (Lipinski definition) is 1. The summed E-state index contributed by atoms with van der Waals surface area (Å²) in [5.74, 6) is -0.156. The maximum Gasteiger partial charge on any atom is 0.416 e. The highest BCUT2D eigenvalue weighted by Crippen LogP contribution is 2.33. The maximum absolute atomic E-state index is 12.8. The second-order valence-corrected chi connectivity index (χ2v) is 4.94. The van der Waals surface area contributed by atoms with E-state index in [2.05, 4.69) is 9.97 Å². The number of anilines is 1. The van der Waals surface area contributed by atoms with Crippen LogP contribution in [0.15, 0.2) is 42.5 Å². The van der Waals surface area contributed by atoms with Gasteiger partial charge in [0, 0.05) is 17.0 Å². The van der Waals surface area contributed by atoms with Crippen molar-refractivity contribution in [2.24, 2.45) is 0 Å². The van der Waals surface area contributed by atoms with Gasteiger partial charge in [0.1, 0.15) is 5.82 Å². The number of hydrogen-bond acceptors (Lipinski definition) is 5. The molecule has 2 aromatic carbocycles. The molecule has 0 aliphatic carbocycles. The summed E-state index contributed by atoms with van der Waals surface area (Å²) in [5, 5.41) is 11.4. The van der Waals surface area contributed by atoms with Gasteiger partial charge in [0.2, 0.25) is 0 Å². The van der Waals surface area contributed by atoms with E-state index in [0.717, 1.165) is 12.1 Å². The fourth-order valence-electron chi connectivity index (χ4n) is 2.27. The van der Waals surface area contributed by atoms with Crippen molar-refractivity contribution in [1.29, 1.82) is 0 Å². The molecule has 1 aromatic heterocycles. The Morgan fingerprint density at radius 1 is 1.08 bits per heavy atom. The molecule has 24 heavy (non-hydrogen) atoms. The zero-order valence-corrected chi connectivity index (χ0v) is 11.9. The molecule has 122 valence electrons. The van der Waals surface area contributed by atoms with E-state index in [1.807, 2.05) is 0 Å². The molecule has 0 aliphatic rings. The first-order chi connectivity index (χ1) is 11.3. The minimum absolute atomic E-state index is 0.0255. The number of non-ortho nitro benzene ring substituents is 1. The van der Waals surface area contributed by atoms with Crippen LogP contribution in [-0.2, 0) is 6.18 Å². The van der Waals surface area contributed by atoms with E-state index < -0.39 is 16.7 Å². The molecule has 0 unspecified atom stereocenters. The molecule has 0 spiro atoms. The number of rotatable bonds is 2. The van der Waals surface area contributed by atoms with Crippen molar-refractivity contribution in [3.05, 3.63) is 58.1 Å². The lowest BCUT2D eigenvalue weighted by atomic mass is 10.1. The van der Waals surface area contributed by atoms with Gasteiger partial charge in [-0.15, -0.1) is 0 Å². The van der Waals surface area contributed by atoms with E-state index in [9.17, 15) is 23.3 Å². The quantitative estimate of drug-likeness (QED) is 0.568. The van der Waals surface area contributed by atoms with Gasteiger partial charge < -0.3 is 5.73 Å². The number of nitro groups is 1. The Labute approximate surface area is 132 Å². The van der Waals surface area contributed by atoms with Gasteiger partial charge in [-0.1, -0.05) is 18.2 Å². The first-order valence-electron chi connectivity index (χ1n) is 6.65. The van der Waals surface area contributed by atoms with Gasteiger partial charge in [0.15, 0.2) is 11.3 Å². The second kappa shape index (κ2) is 5.44. The Hall–Kier alpha value is -3.23. The number of nitro benzene ring substituents is 1. The number of halogens is 3. The molecular formula is C15H9F3N4O2. The van der Waals surface area contributed by atoms with Gasteiger partial charge in [-0.25, -0.2) is 9.97 Å². The lowest BCUT2D eigenvalue weighted by molar-refractivity contribution is -0.383. The van der Waals surface area contributed by atoms with Crippen LogP contribution in [0.25, 0.3) is 22.3 Å². The molecule has 0 atom stereocenters. The number of benzene rings is 2. The van der Waals surface area contributed by atoms with Crippen molar-refractivity contribution in [2.45, 2.75) is 6.18 Å². The van der Waals surface area contributed by atoms with E-state index in [1.165, 1.54) is 30.3 Å². The van der Waals surface area contributed by atoms with Crippen molar-refractivity contribution >= 4 is 22.4 Å². The van der Waals surface area contributed by atoms with Crippen LogP contribution in [0.3, 0.4) is 0 Å². The van der Waals surface area contributed by atoms with Crippen LogP contribution >= 0.6 is 0 Å². The highest BCUT2D eigenvalue weighted by molar-refractivity contribution is 5.95. The molecule has 0 aliphatic heterocycles. The third kappa shape index (κ3) is 2.71. The summed E-state index contributed by atoms with van der Waals surface area (Å²) in [6.45, 7) is 0. The maximum atomic E-state index is 12.8. The summed E-state index contributed by atoms with van der Waals surface area (Å²) < 4.78 is 38.5. The van der Waals surface area contributed by atoms with Crippen LogP contribution in [-0.4, -0.2) is 14.9 Å². The third-order valence-corrected chi connectivity index (χ3v) is 3.38. The Morgan fingerprint density at radius 2 is 1.79 bits per heavy atom. The SMILES string of the molecule is Nc1nc(-c2cccc(C(F)(F)F)c2)nc2c([N+](=O)[O-])cccc12. The van der Waals surface area contributed by atoms with Crippen LogP contribution in [0, 0.1) is 10.1 Å². The second-order valence-electron chi connectivity index (χ2n) is 4.94. The van der Waals surface area contributed by atoms with E-state index in [1.54, 1.807) is 0 Å². The molecule has 0 fully saturated rings. The summed E-state index contributed by atoms with van der Waals surface area (Å²) in [6.07, 6.45) is -4.52. The van der Waals surface area contributed by atoms with Gasteiger partial charge in [0.05, 0.1) is 10.5 Å². The number of nitrogen functional groups attached to an aromatic ring is 1. The molecule has 9 heteroatoms. The highest BCUT2D eigenvalue weighted by Gasteiger charge is 2.30. The smallest absolute Gasteiger partial charge is 0.383 e. The monoisotopic (exact) mass is 334 g/mol. The van der Waals surface area contributed by atoms with Crippen molar-refractivity contribution < 1.29 is 18.1 Å². The Balaban J connectivity index is 2.25. The fraction of sp³-hybridized carbons (Fsp3) is 0.0667. The molecule has 0 amide bonds. The van der Waals surface area contributed by atoms with E-state index in [-0.39, 0.29) is 33.8 Å². The van der Waals surface area contributed by atoms with E-state index in [0.29, 0.717) is 0 Å². The summed E-state index contributed by atoms with van der Waals surface area (Å²) >= 11 is 0. The third-order valence-electron chi connectivity index (χ3n) is 3.38.